The van der Waals surface area contributed by atoms with Crippen molar-refractivity contribution >= 4 is 11.6 Å². The molecule has 3 N–H and O–H groups in total. The van der Waals surface area contributed by atoms with E-state index in [9.17, 15) is 20.0 Å². The van der Waals surface area contributed by atoms with Crippen LogP contribution < -0.4 is 10.6 Å². The Morgan fingerprint density at radius 2 is 2.38 bits per heavy atom. The average molecular weight is 297 g/mol. The van der Waals surface area contributed by atoms with Crippen LogP contribution in [0.15, 0.2) is 12.4 Å². The summed E-state index contributed by atoms with van der Waals surface area (Å²) in [5, 5.41) is 30.0. The van der Waals surface area contributed by atoms with Gasteiger partial charge in [-0.15, -0.1) is 0 Å². The van der Waals surface area contributed by atoms with Crippen molar-refractivity contribution < 1.29 is 14.8 Å². The van der Waals surface area contributed by atoms with Crippen molar-refractivity contribution in [1.82, 2.24) is 20.4 Å². The van der Waals surface area contributed by atoms with Crippen molar-refractivity contribution in [1.29, 1.82) is 0 Å². The molecule has 9 nitrogen and oxygen atoms in total. The Hall–Kier alpha value is -2.00. The zero-order valence-electron chi connectivity index (χ0n) is 11.9. The van der Waals surface area contributed by atoms with Gasteiger partial charge in [0.2, 0.25) is 5.91 Å². The molecule has 1 aliphatic heterocycles. The molecular formula is C12H19N5O4. The number of β-amino-alcohol motifs (C(OH)–C–C–N with tert-alkyl or cyclic N) is 1. The third-order valence-corrected chi connectivity index (χ3v) is 3.74. The molecule has 1 aromatic heterocycles. The van der Waals surface area contributed by atoms with E-state index in [1.807, 2.05) is 0 Å². The predicted molar refractivity (Wildman–Crippen MR) is 73.6 cm³/mol. The van der Waals surface area contributed by atoms with Crippen molar-refractivity contribution in [2.24, 2.45) is 5.92 Å². The number of rotatable bonds is 5. The lowest BCUT2D eigenvalue weighted by atomic mass is 10.0. The normalized spacial score (nSPS) is 22.2. The van der Waals surface area contributed by atoms with Crippen LogP contribution in [0, 0.1) is 16.0 Å². The van der Waals surface area contributed by atoms with Gasteiger partial charge in [0.15, 0.2) is 0 Å². The van der Waals surface area contributed by atoms with Gasteiger partial charge in [-0.05, 0) is 13.8 Å². The van der Waals surface area contributed by atoms with E-state index >= 15 is 0 Å². The topological polar surface area (TPSA) is 122 Å². The third kappa shape index (κ3) is 3.19. The van der Waals surface area contributed by atoms with E-state index in [1.54, 1.807) is 13.8 Å². The van der Waals surface area contributed by atoms with Gasteiger partial charge in [-0.2, -0.15) is 5.10 Å². The van der Waals surface area contributed by atoms with Gasteiger partial charge in [0.05, 0.1) is 11.0 Å². The smallest absolute Gasteiger partial charge is 0.307 e. The Morgan fingerprint density at radius 3 is 2.90 bits per heavy atom. The zero-order chi connectivity index (χ0) is 15.6. The number of carbonyl (C=O) groups is 1. The average Bonchev–Trinajstić information content (AvgIpc) is 3.05. The van der Waals surface area contributed by atoms with Gasteiger partial charge in [0.1, 0.15) is 17.9 Å². The maximum atomic E-state index is 12.3. The number of hydrogen-bond donors (Lipinski definition) is 3. The Kier molecular flexibility index (Phi) is 4.24. The van der Waals surface area contributed by atoms with Gasteiger partial charge in [0, 0.05) is 25.6 Å². The van der Waals surface area contributed by atoms with Crippen molar-refractivity contribution in [2.45, 2.75) is 25.5 Å². The molecule has 1 saturated heterocycles. The van der Waals surface area contributed by atoms with Crippen LogP contribution in [0.3, 0.4) is 0 Å². The first-order chi connectivity index (χ1) is 9.82. The monoisotopic (exact) mass is 297 g/mol. The van der Waals surface area contributed by atoms with E-state index in [2.05, 4.69) is 15.7 Å². The maximum Gasteiger partial charge on any atom is 0.307 e. The minimum atomic E-state index is -1.05. The summed E-state index contributed by atoms with van der Waals surface area (Å²) in [5.41, 5.74) is -1.21. The van der Waals surface area contributed by atoms with E-state index in [1.165, 1.54) is 10.9 Å². The molecule has 21 heavy (non-hydrogen) atoms. The number of aliphatic hydroxyl groups is 1. The Labute approximate surface area is 121 Å². The van der Waals surface area contributed by atoms with Gasteiger partial charge >= 0.3 is 5.69 Å². The fourth-order valence-electron chi connectivity index (χ4n) is 2.18. The molecule has 1 amide bonds. The molecular weight excluding hydrogens is 278 g/mol. The molecule has 9 heteroatoms. The molecule has 116 valence electrons. The lowest BCUT2D eigenvalue weighted by Crippen LogP contribution is -2.47. The molecule has 0 aromatic carbocycles. The van der Waals surface area contributed by atoms with E-state index in [0.717, 1.165) is 6.20 Å². The first kappa shape index (κ1) is 15.4. The van der Waals surface area contributed by atoms with Crippen molar-refractivity contribution in [2.75, 3.05) is 19.6 Å². The third-order valence-electron chi connectivity index (χ3n) is 3.74. The Bertz CT molecular complexity index is 542. The van der Waals surface area contributed by atoms with Gasteiger partial charge in [0.25, 0.3) is 0 Å². The number of nitro groups is 1. The van der Waals surface area contributed by atoms with Crippen LogP contribution >= 0.6 is 0 Å². The van der Waals surface area contributed by atoms with Crippen LogP contribution in [0.5, 0.6) is 0 Å². The number of aliphatic hydroxyl groups excluding tert-OH is 1. The number of hydrogen-bond acceptors (Lipinski definition) is 6. The summed E-state index contributed by atoms with van der Waals surface area (Å²) < 4.78 is 1.27. The second-order valence-electron chi connectivity index (χ2n) is 5.65. The summed E-state index contributed by atoms with van der Waals surface area (Å²) >= 11 is 0. The molecule has 0 aliphatic carbocycles. The molecule has 2 unspecified atom stereocenters. The quantitative estimate of drug-likeness (QED) is 0.484. The van der Waals surface area contributed by atoms with Gasteiger partial charge < -0.3 is 15.7 Å². The van der Waals surface area contributed by atoms with Gasteiger partial charge in [-0.3, -0.25) is 19.6 Å². The standard InChI is InChI=1S/C12H19N5O4/c1-12(2,16-7-9(5-15-16)17(20)21)11(19)14-4-8-3-13-6-10(8)18/h5,7-8,10,13,18H,3-4,6H2,1-2H3,(H,14,19). The first-order valence-corrected chi connectivity index (χ1v) is 6.69. The van der Waals surface area contributed by atoms with Crippen molar-refractivity contribution in [3.8, 4) is 0 Å². The lowest BCUT2D eigenvalue weighted by Gasteiger charge is -2.25. The highest BCUT2D eigenvalue weighted by atomic mass is 16.6. The summed E-state index contributed by atoms with van der Waals surface area (Å²) in [6.07, 6.45) is 1.87. The van der Waals surface area contributed by atoms with Gasteiger partial charge in [-0.25, -0.2) is 0 Å². The minimum Gasteiger partial charge on any atom is -0.391 e. The molecule has 2 rings (SSSR count). The summed E-state index contributed by atoms with van der Waals surface area (Å²) in [5.74, 6) is -0.337. The minimum absolute atomic E-state index is 0.0308. The fourth-order valence-corrected chi connectivity index (χ4v) is 2.18. The molecule has 2 atom stereocenters. The summed E-state index contributed by atoms with van der Waals surface area (Å²) in [4.78, 5) is 22.4. The van der Waals surface area contributed by atoms with E-state index in [4.69, 9.17) is 0 Å². The van der Waals surface area contributed by atoms with E-state index in [-0.39, 0.29) is 17.5 Å². The highest BCUT2D eigenvalue weighted by molar-refractivity contribution is 5.83. The molecule has 2 heterocycles. The van der Waals surface area contributed by atoms with Crippen LogP contribution in [0.4, 0.5) is 5.69 Å². The summed E-state index contributed by atoms with van der Waals surface area (Å²) in [6.45, 7) is 4.77. The lowest BCUT2D eigenvalue weighted by molar-refractivity contribution is -0.385. The molecule has 0 saturated carbocycles. The number of carbonyl (C=O) groups excluding carboxylic acids is 1. The SMILES string of the molecule is CC(C)(C(=O)NCC1CNCC1O)n1cc([N+](=O)[O-])cn1. The second kappa shape index (κ2) is 5.78. The van der Waals surface area contributed by atoms with Crippen LogP contribution in [0.25, 0.3) is 0 Å². The highest BCUT2D eigenvalue weighted by Crippen LogP contribution is 2.19. The van der Waals surface area contributed by atoms with E-state index < -0.39 is 16.6 Å². The van der Waals surface area contributed by atoms with E-state index in [0.29, 0.717) is 19.6 Å². The molecule has 1 aromatic rings. The van der Waals surface area contributed by atoms with Crippen molar-refractivity contribution in [3.05, 3.63) is 22.5 Å². The molecule has 0 bridgehead atoms. The maximum absolute atomic E-state index is 12.3. The van der Waals surface area contributed by atoms with Crippen LogP contribution in [-0.2, 0) is 10.3 Å². The predicted octanol–water partition coefficient (Wildman–Crippen LogP) is -0.777. The number of amides is 1. The molecule has 0 spiro atoms. The number of nitrogens with one attached hydrogen (secondary N) is 2. The van der Waals surface area contributed by atoms with Crippen LogP contribution in [0.2, 0.25) is 0 Å². The zero-order valence-corrected chi connectivity index (χ0v) is 11.9. The summed E-state index contributed by atoms with van der Waals surface area (Å²) in [6, 6.07) is 0. The highest BCUT2D eigenvalue weighted by Gasteiger charge is 2.33. The molecule has 1 fully saturated rings. The van der Waals surface area contributed by atoms with Crippen molar-refractivity contribution in [3.63, 3.8) is 0 Å². The molecule has 0 radical (unpaired) electrons. The Balaban J connectivity index is 2.00. The summed E-state index contributed by atoms with van der Waals surface area (Å²) in [7, 11) is 0. The Morgan fingerprint density at radius 1 is 1.67 bits per heavy atom. The van der Waals surface area contributed by atoms with Crippen LogP contribution in [0.1, 0.15) is 13.8 Å². The fraction of sp³-hybridized carbons (Fsp3) is 0.667. The second-order valence-corrected chi connectivity index (χ2v) is 5.65. The molecule has 1 aliphatic rings. The largest absolute Gasteiger partial charge is 0.391 e. The van der Waals surface area contributed by atoms with Gasteiger partial charge in [-0.1, -0.05) is 0 Å². The van der Waals surface area contributed by atoms with Crippen LogP contribution in [-0.4, -0.2) is 51.5 Å². The number of nitrogens with zero attached hydrogens (tertiary/aromatic N) is 3. The first-order valence-electron chi connectivity index (χ1n) is 6.69. The number of aromatic nitrogens is 2.